The summed E-state index contributed by atoms with van der Waals surface area (Å²) < 4.78 is 0. The lowest BCUT2D eigenvalue weighted by atomic mass is 9.93. The minimum Gasteiger partial charge on any atom is -0.341 e. The maximum Gasteiger partial charge on any atom is 0.226 e. The molecule has 100 valence electrons. The number of carbonyl (C=O) groups excluding carboxylic acids is 1. The second kappa shape index (κ2) is 7.92. The highest BCUT2D eigenvalue weighted by atomic mass is 16.2. The molecule has 0 saturated heterocycles. The van der Waals surface area contributed by atoms with Crippen molar-refractivity contribution in [3.8, 4) is 6.07 Å². The van der Waals surface area contributed by atoms with Gasteiger partial charge in [0.05, 0.1) is 12.5 Å². The van der Waals surface area contributed by atoms with Crippen LogP contribution in [-0.2, 0) is 4.79 Å². The average Bonchev–Trinajstić information content (AvgIpc) is 2.39. The smallest absolute Gasteiger partial charge is 0.226 e. The first kappa shape index (κ1) is 14.8. The van der Waals surface area contributed by atoms with Gasteiger partial charge in [-0.05, 0) is 31.6 Å². The van der Waals surface area contributed by atoms with Crippen LogP contribution in [0.5, 0.6) is 0 Å². The van der Waals surface area contributed by atoms with Gasteiger partial charge < -0.3 is 4.90 Å². The van der Waals surface area contributed by atoms with Crippen molar-refractivity contribution < 1.29 is 4.79 Å². The second-order valence-corrected chi connectivity index (χ2v) is 5.40. The fraction of sp³-hybridized carbons (Fsp3) is 0.733. The molecule has 0 heterocycles. The van der Waals surface area contributed by atoms with Crippen LogP contribution < -0.4 is 0 Å². The van der Waals surface area contributed by atoms with Crippen LogP contribution in [0.3, 0.4) is 0 Å². The van der Waals surface area contributed by atoms with Crippen LogP contribution in [0, 0.1) is 23.2 Å². The zero-order valence-corrected chi connectivity index (χ0v) is 11.6. The van der Waals surface area contributed by atoms with E-state index in [1.165, 1.54) is 0 Å². The Hall–Kier alpha value is -1.30. The summed E-state index contributed by atoms with van der Waals surface area (Å²) in [5, 5.41) is 8.69. The minimum atomic E-state index is 0.140. The standard InChI is InChI=1S/C15H24N2O/c1-13(2)9-12-17(11-6-10-16)15(18)14-7-4-3-5-8-14/h3-4,13-14H,5-9,11-12H2,1-2H3/t14-/m0/s1. The van der Waals surface area contributed by atoms with Crippen molar-refractivity contribution in [2.75, 3.05) is 13.1 Å². The van der Waals surface area contributed by atoms with E-state index in [0.717, 1.165) is 32.2 Å². The van der Waals surface area contributed by atoms with Gasteiger partial charge in [0.1, 0.15) is 0 Å². The van der Waals surface area contributed by atoms with Crippen LogP contribution in [0.4, 0.5) is 0 Å². The summed E-state index contributed by atoms with van der Waals surface area (Å²) >= 11 is 0. The number of hydrogen-bond donors (Lipinski definition) is 0. The summed E-state index contributed by atoms with van der Waals surface area (Å²) in [7, 11) is 0. The third-order valence-corrected chi connectivity index (χ3v) is 3.40. The Bertz CT molecular complexity index is 328. The molecule has 1 atom stereocenters. The Kier molecular flexibility index (Phi) is 6.49. The van der Waals surface area contributed by atoms with Crippen LogP contribution in [0.25, 0.3) is 0 Å². The van der Waals surface area contributed by atoms with E-state index in [4.69, 9.17) is 5.26 Å². The molecule has 0 bridgehead atoms. The normalized spacial score (nSPS) is 18.7. The predicted molar refractivity (Wildman–Crippen MR) is 72.7 cm³/mol. The van der Waals surface area contributed by atoms with Gasteiger partial charge in [-0.15, -0.1) is 0 Å². The predicted octanol–water partition coefficient (Wildman–Crippen LogP) is 3.13. The number of hydrogen-bond acceptors (Lipinski definition) is 2. The first-order valence-electron chi connectivity index (χ1n) is 6.96. The van der Waals surface area contributed by atoms with Gasteiger partial charge in [-0.1, -0.05) is 26.0 Å². The van der Waals surface area contributed by atoms with Gasteiger partial charge in [0.25, 0.3) is 0 Å². The number of nitrogens with zero attached hydrogens (tertiary/aromatic N) is 2. The number of rotatable bonds is 6. The highest BCUT2D eigenvalue weighted by Gasteiger charge is 2.23. The summed E-state index contributed by atoms with van der Waals surface area (Å²) in [4.78, 5) is 14.3. The molecule has 0 spiro atoms. The third kappa shape index (κ3) is 4.91. The Morgan fingerprint density at radius 3 is 2.78 bits per heavy atom. The van der Waals surface area contributed by atoms with Gasteiger partial charge in [-0.3, -0.25) is 4.79 Å². The lowest BCUT2D eigenvalue weighted by molar-refractivity contribution is -0.135. The van der Waals surface area contributed by atoms with E-state index >= 15 is 0 Å². The van der Waals surface area contributed by atoms with Gasteiger partial charge in [0.15, 0.2) is 0 Å². The molecular formula is C15H24N2O. The maximum absolute atomic E-state index is 12.4. The largest absolute Gasteiger partial charge is 0.341 e. The highest BCUT2D eigenvalue weighted by molar-refractivity contribution is 5.79. The van der Waals surface area contributed by atoms with Gasteiger partial charge in [-0.25, -0.2) is 0 Å². The summed E-state index contributed by atoms with van der Waals surface area (Å²) in [6.07, 6.45) is 8.54. The van der Waals surface area contributed by atoms with E-state index < -0.39 is 0 Å². The number of amides is 1. The summed E-state index contributed by atoms with van der Waals surface area (Å²) in [6.45, 7) is 5.70. The molecule has 18 heavy (non-hydrogen) atoms. The monoisotopic (exact) mass is 248 g/mol. The minimum absolute atomic E-state index is 0.140. The molecule has 3 heteroatoms. The van der Waals surface area contributed by atoms with Gasteiger partial charge in [0.2, 0.25) is 5.91 Å². The molecule has 1 aliphatic carbocycles. The topological polar surface area (TPSA) is 44.1 Å². The molecule has 3 nitrogen and oxygen atoms in total. The van der Waals surface area contributed by atoms with E-state index in [0.29, 0.717) is 18.9 Å². The molecule has 0 aromatic heterocycles. The van der Waals surface area contributed by atoms with Crippen molar-refractivity contribution in [1.82, 2.24) is 4.90 Å². The second-order valence-electron chi connectivity index (χ2n) is 5.40. The van der Waals surface area contributed by atoms with Crippen molar-refractivity contribution >= 4 is 5.91 Å². The number of carbonyl (C=O) groups is 1. The molecule has 1 aliphatic rings. The van der Waals surface area contributed by atoms with E-state index in [9.17, 15) is 4.79 Å². The Labute approximate surface area is 110 Å². The van der Waals surface area contributed by atoms with Crippen LogP contribution in [0.15, 0.2) is 12.2 Å². The zero-order chi connectivity index (χ0) is 13.4. The van der Waals surface area contributed by atoms with E-state index in [-0.39, 0.29) is 11.8 Å². The summed E-state index contributed by atoms with van der Waals surface area (Å²) in [6, 6.07) is 2.14. The highest BCUT2D eigenvalue weighted by Crippen LogP contribution is 2.21. The summed E-state index contributed by atoms with van der Waals surface area (Å²) in [5.74, 6) is 0.977. The Balaban J connectivity index is 2.54. The molecular weight excluding hydrogens is 224 g/mol. The molecule has 0 unspecified atom stereocenters. The lowest BCUT2D eigenvalue weighted by Crippen LogP contribution is -2.38. The molecule has 0 aromatic carbocycles. The van der Waals surface area contributed by atoms with Gasteiger partial charge in [-0.2, -0.15) is 5.26 Å². The van der Waals surface area contributed by atoms with Gasteiger partial charge in [0, 0.05) is 19.0 Å². The zero-order valence-electron chi connectivity index (χ0n) is 11.6. The summed E-state index contributed by atoms with van der Waals surface area (Å²) in [5.41, 5.74) is 0. The van der Waals surface area contributed by atoms with E-state index in [2.05, 4.69) is 32.1 Å². The Morgan fingerprint density at radius 2 is 2.22 bits per heavy atom. The maximum atomic E-state index is 12.4. The van der Waals surface area contributed by atoms with Gasteiger partial charge >= 0.3 is 0 Å². The van der Waals surface area contributed by atoms with Crippen molar-refractivity contribution in [3.05, 3.63) is 12.2 Å². The van der Waals surface area contributed by atoms with E-state index in [1.807, 2.05) is 4.90 Å². The van der Waals surface area contributed by atoms with Crippen molar-refractivity contribution in [1.29, 1.82) is 5.26 Å². The van der Waals surface area contributed by atoms with Crippen LogP contribution >= 0.6 is 0 Å². The molecule has 0 radical (unpaired) electrons. The quantitative estimate of drug-likeness (QED) is 0.678. The lowest BCUT2D eigenvalue weighted by Gasteiger charge is -2.28. The van der Waals surface area contributed by atoms with Crippen LogP contribution in [0.2, 0.25) is 0 Å². The fourth-order valence-electron chi connectivity index (χ4n) is 2.21. The number of nitriles is 1. The molecule has 0 saturated carbocycles. The molecule has 0 fully saturated rings. The molecule has 1 rings (SSSR count). The average molecular weight is 248 g/mol. The molecule has 0 aromatic rings. The first-order valence-corrected chi connectivity index (χ1v) is 6.96. The SMILES string of the molecule is CC(C)CCN(CCC#N)C(=O)[C@H]1CC=CCC1. The number of allylic oxidation sites excluding steroid dienone is 2. The van der Waals surface area contributed by atoms with Crippen molar-refractivity contribution in [3.63, 3.8) is 0 Å². The third-order valence-electron chi connectivity index (χ3n) is 3.40. The van der Waals surface area contributed by atoms with Crippen molar-refractivity contribution in [2.45, 2.75) is 46.0 Å². The van der Waals surface area contributed by atoms with E-state index in [1.54, 1.807) is 0 Å². The molecule has 0 N–H and O–H groups in total. The van der Waals surface area contributed by atoms with Crippen molar-refractivity contribution in [2.24, 2.45) is 11.8 Å². The molecule has 1 amide bonds. The Morgan fingerprint density at radius 1 is 1.44 bits per heavy atom. The fourth-order valence-corrected chi connectivity index (χ4v) is 2.21. The first-order chi connectivity index (χ1) is 8.65. The van der Waals surface area contributed by atoms with Crippen LogP contribution in [-0.4, -0.2) is 23.9 Å². The van der Waals surface area contributed by atoms with Crippen LogP contribution in [0.1, 0.15) is 46.0 Å². The molecule has 0 aliphatic heterocycles.